The molecule has 120 valence electrons. The lowest BCUT2D eigenvalue weighted by Crippen LogP contribution is -2.26. The molecule has 1 heterocycles. The van der Waals surface area contributed by atoms with Crippen molar-refractivity contribution >= 4 is 44.9 Å². The monoisotopic (exact) mass is 346 g/mol. The maximum atomic E-state index is 11.9. The number of nitrogens with one attached hydrogen (secondary N) is 1. The molecule has 9 heteroatoms. The Labute approximate surface area is 133 Å². The molecular formula is C13H15ClN2O5S. The van der Waals surface area contributed by atoms with Gasteiger partial charge in [-0.05, 0) is 31.5 Å². The van der Waals surface area contributed by atoms with Gasteiger partial charge in [0.05, 0.1) is 23.1 Å². The number of nitrogens with zero attached hydrogens (tertiary/aromatic N) is 1. The fourth-order valence-corrected chi connectivity index (χ4v) is 3.99. The van der Waals surface area contributed by atoms with Gasteiger partial charge >= 0.3 is 11.9 Å². The van der Waals surface area contributed by atoms with Crippen LogP contribution in [0.5, 0.6) is 0 Å². The van der Waals surface area contributed by atoms with E-state index in [2.05, 4.69) is 10.1 Å². The molecule has 0 saturated carbocycles. The van der Waals surface area contributed by atoms with Gasteiger partial charge in [-0.1, -0.05) is 11.6 Å². The molecule has 0 spiro atoms. The Hall–Kier alpha value is -1.80. The number of hydrogen-bond acceptors (Lipinski definition) is 5. The van der Waals surface area contributed by atoms with Crippen molar-refractivity contribution < 1.29 is 22.7 Å². The van der Waals surface area contributed by atoms with E-state index in [0.29, 0.717) is 18.7 Å². The summed E-state index contributed by atoms with van der Waals surface area (Å²) in [5.41, 5.74) is 0.636. The summed E-state index contributed by atoms with van der Waals surface area (Å²) in [5, 5.41) is 2.51. The van der Waals surface area contributed by atoms with Crippen LogP contribution in [0.15, 0.2) is 18.2 Å². The molecule has 0 aliphatic carbocycles. The van der Waals surface area contributed by atoms with Gasteiger partial charge in [0, 0.05) is 12.2 Å². The molecule has 1 N–H and O–H groups in total. The van der Waals surface area contributed by atoms with Crippen molar-refractivity contribution in [3.05, 3.63) is 23.2 Å². The maximum Gasteiger partial charge on any atom is 0.397 e. The zero-order chi connectivity index (χ0) is 16.3. The smallest absolute Gasteiger partial charge is 0.397 e. The summed E-state index contributed by atoms with van der Waals surface area (Å²) in [6.45, 7) is 2.06. The van der Waals surface area contributed by atoms with Gasteiger partial charge in [0.15, 0.2) is 0 Å². The molecule has 1 fully saturated rings. The standard InChI is InChI=1S/C13H15ClN2O5S/c1-2-21-13(18)12(17)15-9-4-5-11(10(14)8-9)16-6-3-7-22(16,19)20/h4-5,8H,2-3,6-7H2,1H3,(H,15,17). The van der Waals surface area contributed by atoms with Gasteiger partial charge in [-0.2, -0.15) is 0 Å². The van der Waals surface area contributed by atoms with E-state index in [1.54, 1.807) is 6.92 Å². The van der Waals surface area contributed by atoms with Crippen molar-refractivity contribution in [3.8, 4) is 0 Å². The van der Waals surface area contributed by atoms with Crippen molar-refractivity contribution in [1.82, 2.24) is 0 Å². The van der Waals surface area contributed by atoms with E-state index in [1.807, 2.05) is 0 Å². The Kier molecular flexibility index (Phi) is 4.92. The third kappa shape index (κ3) is 3.50. The Morgan fingerprint density at radius 3 is 2.68 bits per heavy atom. The molecular weight excluding hydrogens is 332 g/mol. The number of halogens is 1. The van der Waals surface area contributed by atoms with Crippen molar-refractivity contribution in [2.24, 2.45) is 0 Å². The van der Waals surface area contributed by atoms with Crippen LogP contribution in [0.1, 0.15) is 13.3 Å². The van der Waals surface area contributed by atoms with Crippen molar-refractivity contribution in [3.63, 3.8) is 0 Å². The molecule has 0 unspecified atom stereocenters. The molecule has 1 amide bonds. The summed E-state index contributed by atoms with van der Waals surface area (Å²) < 4.78 is 29.6. The molecule has 1 aliphatic heterocycles. The van der Waals surface area contributed by atoms with Crippen LogP contribution < -0.4 is 9.62 Å². The number of rotatable bonds is 3. The predicted molar refractivity (Wildman–Crippen MR) is 82.5 cm³/mol. The average molecular weight is 347 g/mol. The molecule has 1 saturated heterocycles. The number of carbonyl (C=O) groups excluding carboxylic acids is 2. The topological polar surface area (TPSA) is 92.8 Å². The summed E-state index contributed by atoms with van der Waals surface area (Å²) in [4.78, 5) is 22.8. The Morgan fingerprint density at radius 2 is 2.14 bits per heavy atom. The second-order valence-corrected chi connectivity index (χ2v) is 7.00. The number of sulfonamides is 1. The fraction of sp³-hybridized carbons (Fsp3) is 0.385. The molecule has 1 aliphatic rings. The van der Waals surface area contributed by atoms with Gasteiger partial charge in [-0.15, -0.1) is 0 Å². The highest BCUT2D eigenvalue weighted by atomic mass is 35.5. The second kappa shape index (κ2) is 6.53. The van der Waals surface area contributed by atoms with Crippen LogP contribution in [0, 0.1) is 0 Å². The maximum absolute atomic E-state index is 11.9. The van der Waals surface area contributed by atoms with E-state index in [1.165, 1.54) is 22.5 Å². The Bertz CT molecular complexity index is 704. The van der Waals surface area contributed by atoms with Gasteiger partial charge in [0.2, 0.25) is 10.0 Å². The summed E-state index contributed by atoms with van der Waals surface area (Å²) in [6.07, 6.45) is 0.542. The minimum Gasteiger partial charge on any atom is -0.459 e. The SMILES string of the molecule is CCOC(=O)C(=O)Nc1ccc(N2CCCS2(=O)=O)c(Cl)c1. The number of ether oxygens (including phenoxy) is 1. The highest BCUT2D eigenvalue weighted by Gasteiger charge is 2.30. The third-order valence-corrected chi connectivity index (χ3v) is 5.19. The lowest BCUT2D eigenvalue weighted by Gasteiger charge is -2.18. The largest absolute Gasteiger partial charge is 0.459 e. The number of amides is 1. The highest BCUT2D eigenvalue weighted by molar-refractivity contribution is 7.93. The molecule has 2 rings (SSSR count). The van der Waals surface area contributed by atoms with E-state index in [0.717, 1.165) is 0 Å². The quantitative estimate of drug-likeness (QED) is 0.659. The van der Waals surface area contributed by atoms with E-state index in [9.17, 15) is 18.0 Å². The minimum atomic E-state index is -3.33. The van der Waals surface area contributed by atoms with Crippen LogP contribution >= 0.6 is 11.6 Å². The summed E-state index contributed by atoms with van der Waals surface area (Å²) >= 11 is 6.09. The number of esters is 1. The van der Waals surface area contributed by atoms with Gasteiger partial charge in [0.25, 0.3) is 0 Å². The summed E-state index contributed by atoms with van der Waals surface area (Å²) in [6, 6.07) is 4.36. The number of hydrogen-bond donors (Lipinski definition) is 1. The van der Waals surface area contributed by atoms with Crippen LogP contribution in [0.3, 0.4) is 0 Å². The molecule has 0 radical (unpaired) electrons. The van der Waals surface area contributed by atoms with Crippen LogP contribution in [0.4, 0.5) is 11.4 Å². The normalized spacial score (nSPS) is 16.4. The first-order valence-corrected chi connectivity index (χ1v) is 8.62. The lowest BCUT2D eigenvalue weighted by molar-refractivity contribution is -0.152. The fourth-order valence-electron chi connectivity index (χ4n) is 2.08. The number of carbonyl (C=O) groups is 2. The second-order valence-electron chi connectivity index (χ2n) is 4.58. The Morgan fingerprint density at radius 1 is 1.41 bits per heavy atom. The van der Waals surface area contributed by atoms with Gasteiger partial charge in [0.1, 0.15) is 0 Å². The van der Waals surface area contributed by atoms with Crippen molar-refractivity contribution in [2.45, 2.75) is 13.3 Å². The van der Waals surface area contributed by atoms with Crippen LogP contribution in [-0.4, -0.2) is 39.2 Å². The van der Waals surface area contributed by atoms with E-state index >= 15 is 0 Å². The molecule has 1 aromatic rings. The first kappa shape index (κ1) is 16.6. The average Bonchev–Trinajstić information content (AvgIpc) is 2.79. The van der Waals surface area contributed by atoms with E-state index < -0.39 is 21.9 Å². The van der Waals surface area contributed by atoms with Crippen molar-refractivity contribution in [2.75, 3.05) is 28.5 Å². The molecule has 22 heavy (non-hydrogen) atoms. The highest BCUT2D eigenvalue weighted by Crippen LogP contribution is 2.33. The van der Waals surface area contributed by atoms with E-state index in [-0.39, 0.29) is 23.1 Å². The van der Waals surface area contributed by atoms with E-state index in [4.69, 9.17) is 11.6 Å². The number of benzene rings is 1. The first-order valence-electron chi connectivity index (χ1n) is 6.63. The van der Waals surface area contributed by atoms with Crippen LogP contribution in [0.2, 0.25) is 5.02 Å². The summed E-state index contributed by atoms with van der Waals surface area (Å²) in [5.74, 6) is -1.82. The molecule has 7 nitrogen and oxygen atoms in total. The lowest BCUT2D eigenvalue weighted by atomic mass is 10.2. The Balaban J connectivity index is 2.17. The zero-order valence-electron chi connectivity index (χ0n) is 11.8. The molecule has 0 bridgehead atoms. The van der Waals surface area contributed by atoms with Gasteiger partial charge < -0.3 is 10.1 Å². The molecule has 0 atom stereocenters. The first-order chi connectivity index (χ1) is 10.3. The molecule has 1 aromatic carbocycles. The van der Waals surface area contributed by atoms with Crippen LogP contribution in [0.25, 0.3) is 0 Å². The third-order valence-electron chi connectivity index (χ3n) is 3.03. The van der Waals surface area contributed by atoms with Gasteiger partial charge in [-0.25, -0.2) is 13.2 Å². The summed E-state index contributed by atoms with van der Waals surface area (Å²) in [7, 11) is -3.33. The predicted octanol–water partition coefficient (Wildman–Crippen LogP) is 1.38. The van der Waals surface area contributed by atoms with Crippen molar-refractivity contribution in [1.29, 1.82) is 0 Å². The number of anilines is 2. The molecule has 0 aromatic heterocycles. The van der Waals surface area contributed by atoms with Gasteiger partial charge in [-0.3, -0.25) is 9.10 Å². The van der Waals surface area contributed by atoms with Crippen LogP contribution in [-0.2, 0) is 24.3 Å². The minimum absolute atomic E-state index is 0.0880. The zero-order valence-corrected chi connectivity index (χ0v) is 13.4.